The summed E-state index contributed by atoms with van der Waals surface area (Å²) in [5.41, 5.74) is 1.22. The number of nitro groups is 1. The molecule has 0 bridgehead atoms. The predicted octanol–water partition coefficient (Wildman–Crippen LogP) is 2.80. The van der Waals surface area contributed by atoms with Gasteiger partial charge in [-0.25, -0.2) is 0 Å². The molecule has 0 saturated heterocycles. The Morgan fingerprint density at radius 3 is 2.79 bits per heavy atom. The molecule has 1 aliphatic carbocycles. The van der Waals surface area contributed by atoms with Crippen molar-refractivity contribution in [3.63, 3.8) is 0 Å². The molecule has 0 amide bonds. The largest absolute Gasteiger partial charge is 0.389 e. The van der Waals surface area contributed by atoms with Gasteiger partial charge in [-0.2, -0.15) is 0 Å². The third-order valence-electron chi connectivity index (χ3n) is 3.30. The van der Waals surface area contributed by atoms with Crippen LogP contribution in [0.4, 0.5) is 11.4 Å². The molecule has 1 aromatic rings. The second-order valence-electron chi connectivity index (χ2n) is 4.85. The Balaban J connectivity index is 2.42. The molecule has 0 heterocycles. The van der Waals surface area contributed by atoms with Crippen molar-refractivity contribution in [2.45, 2.75) is 31.9 Å². The minimum Gasteiger partial charge on any atom is -0.389 e. The van der Waals surface area contributed by atoms with Gasteiger partial charge in [0.25, 0.3) is 5.69 Å². The highest BCUT2D eigenvalue weighted by atomic mass is 16.6. The average Bonchev–Trinajstić information content (AvgIpc) is 3.19. The van der Waals surface area contributed by atoms with Crippen LogP contribution in [-0.2, 0) is 0 Å². The maximum atomic E-state index is 11.2. The second-order valence-corrected chi connectivity index (χ2v) is 4.85. The summed E-state index contributed by atoms with van der Waals surface area (Å²) in [6.07, 6.45) is 3.17. The van der Waals surface area contributed by atoms with Crippen LogP contribution < -0.4 is 4.90 Å². The molecule has 19 heavy (non-hydrogen) atoms. The van der Waals surface area contributed by atoms with Gasteiger partial charge in [-0.1, -0.05) is 12.1 Å². The van der Waals surface area contributed by atoms with Crippen molar-refractivity contribution < 1.29 is 10.0 Å². The van der Waals surface area contributed by atoms with Crippen LogP contribution in [0.25, 0.3) is 0 Å². The Hall–Kier alpha value is -1.88. The normalized spacial score (nSPS) is 15.9. The van der Waals surface area contributed by atoms with Crippen molar-refractivity contribution in [1.29, 1.82) is 0 Å². The Labute approximate surface area is 112 Å². The van der Waals surface area contributed by atoms with Crippen molar-refractivity contribution in [2.24, 2.45) is 0 Å². The van der Waals surface area contributed by atoms with Crippen molar-refractivity contribution in [2.75, 3.05) is 11.4 Å². The molecule has 0 aromatic heterocycles. The molecule has 5 heteroatoms. The number of aliphatic hydroxyl groups is 1. The van der Waals surface area contributed by atoms with E-state index in [0.29, 0.717) is 23.8 Å². The molecule has 0 aliphatic heterocycles. The summed E-state index contributed by atoms with van der Waals surface area (Å²) in [4.78, 5) is 12.8. The van der Waals surface area contributed by atoms with E-state index in [4.69, 9.17) is 0 Å². The summed E-state index contributed by atoms with van der Waals surface area (Å²) in [7, 11) is 0. The van der Waals surface area contributed by atoms with Crippen LogP contribution in [0.15, 0.2) is 30.9 Å². The molecule has 1 saturated carbocycles. The van der Waals surface area contributed by atoms with Gasteiger partial charge in [0.2, 0.25) is 0 Å². The topological polar surface area (TPSA) is 66.6 Å². The predicted molar refractivity (Wildman–Crippen MR) is 74.3 cm³/mol. The lowest BCUT2D eigenvalue weighted by Gasteiger charge is -2.23. The Bertz CT molecular complexity index is 495. The van der Waals surface area contributed by atoms with E-state index in [1.54, 1.807) is 25.1 Å². The summed E-state index contributed by atoms with van der Waals surface area (Å²) >= 11 is 0. The number of anilines is 1. The van der Waals surface area contributed by atoms with Gasteiger partial charge < -0.3 is 10.0 Å². The summed E-state index contributed by atoms with van der Waals surface area (Å²) < 4.78 is 0. The van der Waals surface area contributed by atoms with E-state index in [1.807, 2.05) is 4.90 Å². The first kappa shape index (κ1) is 13.5. The number of aliphatic hydroxyl groups excluding tert-OH is 1. The molecular weight excluding hydrogens is 244 g/mol. The van der Waals surface area contributed by atoms with E-state index in [9.17, 15) is 15.2 Å². The lowest BCUT2D eigenvalue weighted by molar-refractivity contribution is -0.384. The minimum atomic E-state index is -0.707. The molecule has 1 unspecified atom stereocenters. The first-order valence-corrected chi connectivity index (χ1v) is 6.38. The fourth-order valence-corrected chi connectivity index (χ4v) is 2.16. The van der Waals surface area contributed by atoms with Gasteiger partial charge >= 0.3 is 0 Å². The van der Waals surface area contributed by atoms with E-state index >= 15 is 0 Å². The Morgan fingerprint density at radius 1 is 1.63 bits per heavy atom. The molecule has 1 aliphatic rings. The zero-order chi connectivity index (χ0) is 14.0. The van der Waals surface area contributed by atoms with E-state index in [2.05, 4.69) is 6.58 Å². The highest BCUT2D eigenvalue weighted by Gasteiger charge is 2.32. The van der Waals surface area contributed by atoms with Crippen molar-refractivity contribution in [3.05, 3.63) is 46.5 Å². The molecule has 1 atom stereocenters. The first-order valence-electron chi connectivity index (χ1n) is 6.38. The smallest absolute Gasteiger partial charge is 0.292 e. The van der Waals surface area contributed by atoms with Crippen LogP contribution in [0.3, 0.4) is 0 Å². The van der Waals surface area contributed by atoms with Crippen molar-refractivity contribution in [3.8, 4) is 0 Å². The average molecular weight is 262 g/mol. The number of nitrogens with zero attached hydrogens (tertiary/aromatic N) is 2. The molecule has 2 rings (SSSR count). The zero-order valence-electron chi connectivity index (χ0n) is 11.0. The molecule has 1 fully saturated rings. The molecule has 1 aromatic carbocycles. The molecule has 102 valence electrons. The molecular formula is C14H18N2O3. The summed E-state index contributed by atoms with van der Waals surface area (Å²) in [5.74, 6) is 0. The van der Waals surface area contributed by atoms with Gasteiger partial charge in [0, 0.05) is 18.7 Å². The summed E-state index contributed by atoms with van der Waals surface area (Å²) in [5, 5.41) is 20.8. The Morgan fingerprint density at radius 2 is 2.32 bits per heavy atom. The highest BCUT2D eigenvalue weighted by Crippen LogP contribution is 2.37. The summed E-state index contributed by atoms with van der Waals surface area (Å²) in [6.45, 7) is 5.90. The first-order chi connectivity index (χ1) is 9.04. The van der Waals surface area contributed by atoms with Crippen LogP contribution in [0.1, 0.15) is 31.4 Å². The lowest BCUT2D eigenvalue weighted by Crippen LogP contribution is -2.26. The molecule has 5 nitrogen and oxygen atoms in total. The standard InChI is InChI=1S/C14H18N2O3/c1-3-8-15(12-5-6-12)13-7-4-11(10(2)17)9-14(13)16(18)19/h3-4,7,9-10,12,17H,1,5-6,8H2,2H3. The molecule has 1 N–H and O–H groups in total. The van der Waals surface area contributed by atoms with Crippen LogP contribution in [0.5, 0.6) is 0 Å². The van der Waals surface area contributed by atoms with E-state index in [-0.39, 0.29) is 10.6 Å². The van der Waals surface area contributed by atoms with Crippen molar-refractivity contribution >= 4 is 11.4 Å². The number of hydrogen-bond donors (Lipinski definition) is 1. The van der Waals surface area contributed by atoms with Gasteiger partial charge in [-0.15, -0.1) is 6.58 Å². The number of nitro benzene ring substituents is 1. The summed E-state index contributed by atoms with van der Waals surface area (Å²) in [6, 6.07) is 5.29. The molecule has 0 spiro atoms. The molecule has 0 radical (unpaired) electrons. The third-order valence-corrected chi connectivity index (χ3v) is 3.30. The minimum absolute atomic E-state index is 0.0483. The van der Waals surface area contributed by atoms with Gasteiger partial charge in [0.15, 0.2) is 0 Å². The van der Waals surface area contributed by atoms with Crippen molar-refractivity contribution in [1.82, 2.24) is 0 Å². The quantitative estimate of drug-likeness (QED) is 0.486. The fraction of sp³-hybridized carbons (Fsp3) is 0.429. The van der Waals surface area contributed by atoms with Crippen LogP contribution in [0, 0.1) is 10.1 Å². The SMILES string of the molecule is C=CCN(c1ccc(C(C)O)cc1[N+](=O)[O-])C1CC1. The highest BCUT2D eigenvalue weighted by molar-refractivity contribution is 5.66. The number of hydrogen-bond acceptors (Lipinski definition) is 4. The van der Waals surface area contributed by atoms with Gasteiger partial charge in [0.05, 0.1) is 11.0 Å². The second kappa shape index (κ2) is 5.40. The van der Waals surface area contributed by atoms with Gasteiger partial charge in [-0.05, 0) is 31.4 Å². The number of benzene rings is 1. The van der Waals surface area contributed by atoms with Gasteiger partial charge in [0.1, 0.15) is 5.69 Å². The lowest BCUT2D eigenvalue weighted by atomic mass is 10.1. The maximum absolute atomic E-state index is 11.2. The fourth-order valence-electron chi connectivity index (χ4n) is 2.16. The van der Waals surface area contributed by atoms with E-state index < -0.39 is 6.10 Å². The Kier molecular flexibility index (Phi) is 3.85. The van der Waals surface area contributed by atoms with Crippen LogP contribution >= 0.6 is 0 Å². The number of rotatable bonds is 6. The maximum Gasteiger partial charge on any atom is 0.292 e. The van der Waals surface area contributed by atoms with Crippen LogP contribution in [0.2, 0.25) is 0 Å². The third kappa shape index (κ3) is 2.93. The zero-order valence-corrected chi connectivity index (χ0v) is 11.0. The van der Waals surface area contributed by atoms with Crippen LogP contribution in [-0.4, -0.2) is 22.6 Å². The monoisotopic (exact) mass is 262 g/mol. The van der Waals surface area contributed by atoms with E-state index in [0.717, 1.165) is 12.8 Å². The van der Waals surface area contributed by atoms with Gasteiger partial charge in [-0.3, -0.25) is 10.1 Å². The van der Waals surface area contributed by atoms with E-state index in [1.165, 1.54) is 6.07 Å².